The summed E-state index contributed by atoms with van der Waals surface area (Å²) in [5, 5.41) is 4.71. The highest BCUT2D eigenvalue weighted by molar-refractivity contribution is 7.17. The van der Waals surface area contributed by atoms with Crippen molar-refractivity contribution in [2.45, 2.75) is 39.0 Å². The van der Waals surface area contributed by atoms with Gasteiger partial charge in [0.15, 0.2) is 0 Å². The van der Waals surface area contributed by atoms with Crippen molar-refractivity contribution in [3.63, 3.8) is 0 Å². The lowest BCUT2D eigenvalue weighted by atomic mass is 9.95. The van der Waals surface area contributed by atoms with E-state index in [9.17, 15) is 9.59 Å². The van der Waals surface area contributed by atoms with Crippen LogP contribution in [0.1, 0.15) is 46.1 Å². The SMILES string of the molecule is CCOC(=O)c1c(NC(=O)Cc2cn(C)c3ccccc23)sc2c1CCCC2. The summed E-state index contributed by atoms with van der Waals surface area (Å²) in [7, 11) is 1.98. The molecule has 5 nitrogen and oxygen atoms in total. The molecule has 0 fully saturated rings. The van der Waals surface area contributed by atoms with Crippen LogP contribution < -0.4 is 5.32 Å². The van der Waals surface area contributed by atoms with E-state index in [4.69, 9.17) is 4.74 Å². The lowest BCUT2D eigenvalue weighted by Crippen LogP contribution is -2.17. The van der Waals surface area contributed by atoms with Gasteiger partial charge in [-0.15, -0.1) is 11.3 Å². The van der Waals surface area contributed by atoms with Crippen LogP contribution in [0, 0.1) is 0 Å². The van der Waals surface area contributed by atoms with Crippen LogP contribution in [0.3, 0.4) is 0 Å². The van der Waals surface area contributed by atoms with Crippen LogP contribution in [0.2, 0.25) is 0 Å². The zero-order valence-corrected chi connectivity index (χ0v) is 17.0. The number of rotatable bonds is 5. The third-order valence-corrected chi connectivity index (χ3v) is 6.44. The number of benzene rings is 1. The van der Waals surface area contributed by atoms with Crippen molar-refractivity contribution in [1.82, 2.24) is 4.57 Å². The number of nitrogens with zero attached hydrogens (tertiary/aromatic N) is 1. The largest absolute Gasteiger partial charge is 0.462 e. The monoisotopic (exact) mass is 396 g/mol. The van der Waals surface area contributed by atoms with Crippen LogP contribution in [-0.4, -0.2) is 23.1 Å². The third kappa shape index (κ3) is 3.44. The second kappa shape index (κ2) is 7.80. The van der Waals surface area contributed by atoms with Gasteiger partial charge in [0.1, 0.15) is 5.00 Å². The molecule has 1 aliphatic carbocycles. The maximum atomic E-state index is 12.8. The molecule has 28 heavy (non-hydrogen) atoms. The molecule has 4 rings (SSSR count). The molecule has 0 unspecified atom stereocenters. The van der Waals surface area contributed by atoms with Gasteiger partial charge in [-0.1, -0.05) is 18.2 Å². The van der Waals surface area contributed by atoms with Gasteiger partial charge >= 0.3 is 5.97 Å². The molecule has 1 aromatic carbocycles. The second-order valence-electron chi connectivity index (χ2n) is 7.14. The highest BCUT2D eigenvalue weighted by Crippen LogP contribution is 2.38. The zero-order chi connectivity index (χ0) is 19.7. The first-order chi connectivity index (χ1) is 13.6. The fourth-order valence-electron chi connectivity index (χ4n) is 3.98. The van der Waals surface area contributed by atoms with Crippen molar-refractivity contribution >= 4 is 39.1 Å². The Labute approximate surface area is 168 Å². The summed E-state index contributed by atoms with van der Waals surface area (Å²) < 4.78 is 7.30. The first-order valence-electron chi connectivity index (χ1n) is 9.73. The summed E-state index contributed by atoms with van der Waals surface area (Å²) in [5.41, 5.74) is 3.71. The molecule has 1 N–H and O–H groups in total. The topological polar surface area (TPSA) is 60.3 Å². The van der Waals surface area contributed by atoms with E-state index in [2.05, 4.69) is 5.32 Å². The van der Waals surface area contributed by atoms with Gasteiger partial charge in [-0.05, 0) is 49.8 Å². The van der Waals surface area contributed by atoms with Gasteiger partial charge in [0.2, 0.25) is 5.91 Å². The van der Waals surface area contributed by atoms with Gasteiger partial charge in [0.25, 0.3) is 0 Å². The summed E-state index contributed by atoms with van der Waals surface area (Å²) in [6.45, 7) is 2.13. The Morgan fingerprint density at radius 1 is 1.21 bits per heavy atom. The van der Waals surface area contributed by atoms with Gasteiger partial charge in [-0.25, -0.2) is 4.79 Å². The zero-order valence-electron chi connectivity index (χ0n) is 16.2. The summed E-state index contributed by atoms with van der Waals surface area (Å²) in [6.07, 6.45) is 6.30. The number of anilines is 1. The molecule has 0 saturated carbocycles. The molecule has 0 atom stereocenters. The molecule has 0 saturated heterocycles. The van der Waals surface area contributed by atoms with Crippen LogP contribution in [0.5, 0.6) is 0 Å². The van der Waals surface area contributed by atoms with E-state index in [1.54, 1.807) is 6.92 Å². The Bertz CT molecular complexity index is 1050. The fourth-order valence-corrected chi connectivity index (χ4v) is 5.28. The minimum Gasteiger partial charge on any atom is -0.462 e. The Kier molecular flexibility index (Phi) is 5.22. The van der Waals surface area contributed by atoms with E-state index < -0.39 is 0 Å². The molecule has 0 radical (unpaired) electrons. The van der Waals surface area contributed by atoms with Gasteiger partial charge in [-0.3, -0.25) is 4.79 Å². The number of thiophene rings is 1. The average Bonchev–Trinajstić information content (AvgIpc) is 3.19. The lowest BCUT2D eigenvalue weighted by molar-refractivity contribution is -0.115. The standard InChI is InChI=1S/C22H24N2O3S/c1-3-27-22(26)20-16-9-5-7-11-18(16)28-21(20)23-19(25)12-14-13-24(2)17-10-6-4-8-15(14)17/h4,6,8,10,13H,3,5,7,9,11-12H2,1-2H3,(H,23,25). The van der Waals surface area contributed by atoms with Crippen LogP contribution in [0.25, 0.3) is 10.9 Å². The molecule has 146 valence electrons. The highest BCUT2D eigenvalue weighted by Gasteiger charge is 2.27. The Hall–Kier alpha value is -2.60. The molecule has 1 amide bonds. The average molecular weight is 397 g/mol. The molecular weight excluding hydrogens is 372 g/mol. The minimum absolute atomic E-state index is 0.111. The number of amides is 1. The number of para-hydroxylation sites is 1. The predicted molar refractivity (Wildman–Crippen MR) is 112 cm³/mol. The van der Waals surface area contributed by atoms with E-state index in [-0.39, 0.29) is 18.3 Å². The van der Waals surface area contributed by atoms with Crippen LogP contribution in [0.15, 0.2) is 30.5 Å². The molecule has 0 spiro atoms. The number of aromatic nitrogens is 1. The van der Waals surface area contributed by atoms with E-state index >= 15 is 0 Å². The normalized spacial score (nSPS) is 13.4. The molecule has 1 aliphatic rings. The quantitative estimate of drug-likeness (QED) is 0.647. The number of esters is 1. The summed E-state index contributed by atoms with van der Waals surface area (Å²) >= 11 is 1.53. The van der Waals surface area contributed by atoms with Crippen molar-refractivity contribution in [2.75, 3.05) is 11.9 Å². The molecule has 2 aromatic heterocycles. The van der Waals surface area contributed by atoms with Crippen molar-refractivity contribution < 1.29 is 14.3 Å². The highest BCUT2D eigenvalue weighted by atomic mass is 32.1. The molecule has 3 aromatic rings. The van der Waals surface area contributed by atoms with Crippen molar-refractivity contribution in [3.05, 3.63) is 52.0 Å². The Balaban J connectivity index is 1.60. The third-order valence-electron chi connectivity index (χ3n) is 5.23. The second-order valence-corrected chi connectivity index (χ2v) is 8.25. The van der Waals surface area contributed by atoms with E-state index in [0.29, 0.717) is 17.2 Å². The van der Waals surface area contributed by atoms with Crippen molar-refractivity contribution in [2.24, 2.45) is 7.05 Å². The minimum atomic E-state index is -0.331. The molecular formula is C22H24N2O3S. The summed E-state index contributed by atoms with van der Waals surface area (Å²) in [4.78, 5) is 26.6. The molecule has 6 heteroatoms. The molecule has 0 bridgehead atoms. The van der Waals surface area contributed by atoms with Crippen LogP contribution in [-0.2, 0) is 35.8 Å². The van der Waals surface area contributed by atoms with Gasteiger partial charge < -0.3 is 14.6 Å². The predicted octanol–water partition coefficient (Wildman–Crippen LogP) is 4.48. The first-order valence-corrected chi connectivity index (χ1v) is 10.5. The summed E-state index contributed by atoms with van der Waals surface area (Å²) in [5.74, 6) is -0.442. The van der Waals surface area contributed by atoms with Crippen molar-refractivity contribution in [3.8, 4) is 0 Å². The van der Waals surface area contributed by atoms with Gasteiger partial charge in [0, 0.05) is 29.0 Å². The number of fused-ring (bicyclic) bond motifs is 2. The summed E-state index contributed by atoms with van der Waals surface area (Å²) in [6, 6.07) is 8.05. The first kappa shape index (κ1) is 18.7. The van der Waals surface area contributed by atoms with E-state index in [1.807, 2.05) is 42.1 Å². The van der Waals surface area contributed by atoms with Crippen molar-refractivity contribution in [1.29, 1.82) is 0 Å². The number of nitrogens with one attached hydrogen (secondary N) is 1. The Morgan fingerprint density at radius 2 is 2.00 bits per heavy atom. The number of hydrogen-bond acceptors (Lipinski definition) is 4. The number of carbonyl (C=O) groups excluding carboxylic acids is 2. The Morgan fingerprint density at radius 3 is 2.82 bits per heavy atom. The fraction of sp³-hybridized carbons (Fsp3) is 0.364. The maximum Gasteiger partial charge on any atom is 0.341 e. The molecule has 0 aliphatic heterocycles. The van der Waals surface area contributed by atoms with Crippen LogP contribution >= 0.6 is 11.3 Å². The van der Waals surface area contributed by atoms with Gasteiger partial charge in [0.05, 0.1) is 18.6 Å². The molecule has 2 heterocycles. The van der Waals surface area contributed by atoms with E-state index in [1.165, 1.54) is 16.2 Å². The number of aryl methyl sites for hydroxylation is 2. The van der Waals surface area contributed by atoms with E-state index in [0.717, 1.165) is 47.7 Å². The maximum absolute atomic E-state index is 12.8. The number of carbonyl (C=O) groups is 2. The number of ether oxygens (including phenoxy) is 1. The number of hydrogen-bond donors (Lipinski definition) is 1. The lowest BCUT2D eigenvalue weighted by Gasteiger charge is -2.12. The van der Waals surface area contributed by atoms with Gasteiger partial charge in [-0.2, -0.15) is 0 Å². The smallest absolute Gasteiger partial charge is 0.341 e. The van der Waals surface area contributed by atoms with Crippen LogP contribution in [0.4, 0.5) is 5.00 Å².